The van der Waals surface area contributed by atoms with Gasteiger partial charge in [-0.2, -0.15) is 0 Å². The number of halogens is 2. The smallest absolute Gasteiger partial charge is 0.163 e. The molecule has 1 aromatic carbocycles. The Hall–Kier alpha value is -1.00. The molecule has 2 nitrogen and oxygen atoms in total. The van der Waals surface area contributed by atoms with Crippen LogP contribution in [0.25, 0.3) is 0 Å². The van der Waals surface area contributed by atoms with Crippen molar-refractivity contribution in [2.45, 2.75) is 38.8 Å². The third-order valence-corrected chi connectivity index (χ3v) is 4.28. The number of benzene rings is 1. The predicted molar refractivity (Wildman–Crippen MR) is 77.6 cm³/mol. The van der Waals surface area contributed by atoms with Crippen LogP contribution in [-0.4, -0.2) is 31.1 Å². The average molecular weight is 282 g/mol. The molecule has 1 aliphatic rings. The zero-order valence-corrected chi connectivity index (χ0v) is 12.5. The first-order chi connectivity index (χ1) is 9.54. The van der Waals surface area contributed by atoms with Crippen LogP contribution in [0.1, 0.15) is 38.3 Å². The monoisotopic (exact) mass is 282 g/mol. The summed E-state index contributed by atoms with van der Waals surface area (Å²) in [4.78, 5) is 2.25. The van der Waals surface area contributed by atoms with Gasteiger partial charge >= 0.3 is 0 Å². The van der Waals surface area contributed by atoms with Gasteiger partial charge in [-0.25, -0.2) is 8.78 Å². The summed E-state index contributed by atoms with van der Waals surface area (Å²) in [5.74, 6) is -0.742. The Bertz CT molecular complexity index is 446. The topological polar surface area (TPSA) is 15.3 Å². The minimum absolute atomic E-state index is 0.179. The molecule has 112 valence electrons. The van der Waals surface area contributed by atoms with E-state index in [0.29, 0.717) is 18.2 Å². The fourth-order valence-corrected chi connectivity index (χ4v) is 2.70. The molecule has 1 aliphatic carbocycles. The van der Waals surface area contributed by atoms with Gasteiger partial charge < -0.3 is 10.2 Å². The van der Waals surface area contributed by atoms with Gasteiger partial charge in [-0.15, -0.1) is 0 Å². The highest BCUT2D eigenvalue weighted by Gasteiger charge is 2.31. The van der Waals surface area contributed by atoms with Crippen molar-refractivity contribution in [2.75, 3.05) is 20.1 Å². The number of hydrogen-bond acceptors (Lipinski definition) is 2. The Morgan fingerprint density at radius 1 is 1.35 bits per heavy atom. The highest BCUT2D eigenvalue weighted by atomic mass is 19.2. The summed E-state index contributed by atoms with van der Waals surface area (Å²) in [6.45, 7) is 5.61. The van der Waals surface area contributed by atoms with E-state index in [1.54, 1.807) is 12.1 Å². The lowest BCUT2D eigenvalue weighted by Crippen LogP contribution is -2.39. The number of hydrogen-bond donors (Lipinski definition) is 1. The molecule has 0 bridgehead atoms. The van der Waals surface area contributed by atoms with Crippen LogP contribution in [0.15, 0.2) is 18.2 Å². The van der Waals surface area contributed by atoms with Gasteiger partial charge in [-0.05, 0) is 45.3 Å². The van der Waals surface area contributed by atoms with Gasteiger partial charge in [0.1, 0.15) is 0 Å². The zero-order chi connectivity index (χ0) is 14.7. The summed E-state index contributed by atoms with van der Waals surface area (Å²) in [7, 11) is 2.06. The van der Waals surface area contributed by atoms with Crippen molar-refractivity contribution in [2.24, 2.45) is 5.92 Å². The van der Waals surface area contributed by atoms with Crippen LogP contribution in [0.3, 0.4) is 0 Å². The second-order valence-corrected chi connectivity index (χ2v) is 5.77. The summed E-state index contributed by atoms with van der Waals surface area (Å²) >= 11 is 0. The molecule has 2 unspecified atom stereocenters. The van der Waals surface area contributed by atoms with Crippen molar-refractivity contribution in [3.8, 4) is 0 Å². The molecule has 1 fully saturated rings. The molecule has 20 heavy (non-hydrogen) atoms. The van der Waals surface area contributed by atoms with Crippen LogP contribution >= 0.6 is 0 Å². The van der Waals surface area contributed by atoms with E-state index in [4.69, 9.17) is 0 Å². The van der Waals surface area contributed by atoms with E-state index < -0.39 is 11.6 Å². The van der Waals surface area contributed by atoms with E-state index in [1.165, 1.54) is 18.9 Å². The van der Waals surface area contributed by atoms with Gasteiger partial charge in [0.2, 0.25) is 0 Å². The average Bonchev–Trinajstić information content (AvgIpc) is 3.25. The zero-order valence-electron chi connectivity index (χ0n) is 12.5. The van der Waals surface area contributed by atoms with Crippen molar-refractivity contribution in [1.82, 2.24) is 10.2 Å². The molecule has 4 heteroatoms. The van der Waals surface area contributed by atoms with Crippen LogP contribution in [0.2, 0.25) is 0 Å². The van der Waals surface area contributed by atoms with E-state index in [1.807, 2.05) is 6.92 Å². The Labute approximate surface area is 120 Å². The standard InChI is InChI=1S/C16H24F2N2/c1-4-19-15(10-20(3)11(2)12-8-9-12)13-6-5-7-14(17)16(13)18/h5-7,11-12,15,19H,4,8-10H2,1-3H3. The van der Waals surface area contributed by atoms with Crippen molar-refractivity contribution in [3.05, 3.63) is 35.4 Å². The second kappa shape index (κ2) is 6.64. The van der Waals surface area contributed by atoms with E-state index >= 15 is 0 Å². The van der Waals surface area contributed by atoms with E-state index in [-0.39, 0.29) is 6.04 Å². The van der Waals surface area contributed by atoms with Crippen molar-refractivity contribution < 1.29 is 8.78 Å². The second-order valence-electron chi connectivity index (χ2n) is 5.77. The molecule has 0 saturated heterocycles. The highest BCUT2D eigenvalue weighted by Crippen LogP contribution is 2.35. The van der Waals surface area contributed by atoms with Gasteiger partial charge in [0.05, 0.1) is 0 Å². The molecule has 2 atom stereocenters. The molecular weight excluding hydrogens is 258 g/mol. The first-order valence-electron chi connectivity index (χ1n) is 7.42. The first kappa shape index (κ1) is 15.4. The number of nitrogens with zero attached hydrogens (tertiary/aromatic N) is 1. The minimum Gasteiger partial charge on any atom is -0.309 e. The van der Waals surface area contributed by atoms with E-state index in [9.17, 15) is 8.78 Å². The van der Waals surface area contributed by atoms with Gasteiger partial charge in [-0.3, -0.25) is 0 Å². The lowest BCUT2D eigenvalue weighted by atomic mass is 10.0. The van der Waals surface area contributed by atoms with Gasteiger partial charge in [0, 0.05) is 24.2 Å². The molecule has 1 saturated carbocycles. The molecule has 0 radical (unpaired) electrons. The molecule has 0 heterocycles. The molecule has 0 aromatic heterocycles. The molecule has 0 spiro atoms. The SMILES string of the molecule is CCNC(CN(C)C(C)C1CC1)c1cccc(F)c1F. The van der Waals surface area contributed by atoms with Gasteiger partial charge in [-0.1, -0.05) is 19.1 Å². The number of nitrogens with one attached hydrogen (secondary N) is 1. The summed E-state index contributed by atoms with van der Waals surface area (Å²) < 4.78 is 27.4. The molecule has 1 N–H and O–H groups in total. The molecule has 0 amide bonds. The third-order valence-electron chi connectivity index (χ3n) is 4.28. The van der Waals surface area contributed by atoms with Gasteiger partial charge in [0.25, 0.3) is 0 Å². The van der Waals surface area contributed by atoms with E-state index in [0.717, 1.165) is 12.5 Å². The van der Waals surface area contributed by atoms with Crippen molar-refractivity contribution in [3.63, 3.8) is 0 Å². The lowest BCUT2D eigenvalue weighted by Gasteiger charge is -2.30. The number of rotatable bonds is 7. The summed E-state index contributed by atoms with van der Waals surface area (Å²) in [6.07, 6.45) is 2.57. The fourth-order valence-electron chi connectivity index (χ4n) is 2.70. The van der Waals surface area contributed by atoms with Gasteiger partial charge in [0.15, 0.2) is 11.6 Å². The molecule has 1 aromatic rings. The lowest BCUT2D eigenvalue weighted by molar-refractivity contribution is 0.209. The quantitative estimate of drug-likeness (QED) is 0.825. The maximum atomic E-state index is 14.0. The fraction of sp³-hybridized carbons (Fsp3) is 0.625. The highest BCUT2D eigenvalue weighted by molar-refractivity contribution is 5.23. The maximum absolute atomic E-state index is 14.0. The minimum atomic E-state index is -0.775. The van der Waals surface area contributed by atoms with Crippen molar-refractivity contribution >= 4 is 0 Å². The summed E-state index contributed by atoms with van der Waals surface area (Å²) in [5, 5.41) is 3.26. The number of likely N-dealkylation sites (N-methyl/N-ethyl adjacent to an activating group) is 2. The van der Waals surface area contributed by atoms with E-state index in [2.05, 4.69) is 24.2 Å². The summed E-state index contributed by atoms with van der Waals surface area (Å²) in [6, 6.07) is 4.72. The Balaban J connectivity index is 2.11. The summed E-state index contributed by atoms with van der Waals surface area (Å²) in [5.41, 5.74) is 0.418. The van der Waals surface area contributed by atoms with Crippen LogP contribution in [0, 0.1) is 17.6 Å². The van der Waals surface area contributed by atoms with Crippen LogP contribution in [-0.2, 0) is 0 Å². The largest absolute Gasteiger partial charge is 0.309 e. The maximum Gasteiger partial charge on any atom is 0.163 e. The molecule has 0 aliphatic heterocycles. The Morgan fingerprint density at radius 2 is 2.05 bits per heavy atom. The van der Waals surface area contributed by atoms with Crippen LogP contribution in [0.5, 0.6) is 0 Å². The Morgan fingerprint density at radius 3 is 2.65 bits per heavy atom. The first-order valence-corrected chi connectivity index (χ1v) is 7.42. The Kier molecular flexibility index (Phi) is 5.11. The predicted octanol–water partition coefficient (Wildman–Crippen LogP) is 3.35. The molecular formula is C16H24F2N2. The van der Waals surface area contributed by atoms with Crippen LogP contribution in [0.4, 0.5) is 8.78 Å². The van der Waals surface area contributed by atoms with Crippen molar-refractivity contribution in [1.29, 1.82) is 0 Å². The molecule has 2 rings (SSSR count). The third kappa shape index (κ3) is 3.55. The van der Waals surface area contributed by atoms with Crippen LogP contribution < -0.4 is 5.32 Å². The normalized spacial score (nSPS) is 18.3.